The monoisotopic (exact) mass is 377 g/mol. The van der Waals surface area contributed by atoms with Crippen LogP contribution in [0.4, 0.5) is 10.5 Å². The molecular formula is C20H31N3O4. The van der Waals surface area contributed by atoms with Gasteiger partial charge in [0.05, 0.1) is 0 Å². The van der Waals surface area contributed by atoms with E-state index < -0.39 is 11.7 Å². The van der Waals surface area contributed by atoms with Crippen LogP contribution >= 0.6 is 0 Å². The Morgan fingerprint density at radius 3 is 2.22 bits per heavy atom. The van der Waals surface area contributed by atoms with Crippen LogP contribution in [0.15, 0.2) is 24.3 Å². The first-order valence-corrected chi connectivity index (χ1v) is 9.20. The van der Waals surface area contributed by atoms with Crippen molar-refractivity contribution < 1.29 is 19.1 Å². The molecule has 0 saturated carbocycles. The predicted octanol–water partition coefficient (Wildman–Crippen LogP) is 3.20. The largest absolute Gasteiger partial charge is 0.444 e. The average molecular weight is 377 g/mol. The number of anilines is 1. The molecule has 7 heteroatoms. The van der Waals surface area contributed by atoms with Crippen LogP contribution in [0.2, 0.25) is 0 Å². The molecule has 0 heterocycles. The van der Waals surface area contributed by atoms with Gasteiger partial charge in [0.2, 0.25) is 11.8 Å². The van der Waals surface area contributed by atoms with E-state index >= 15 is 0 Å². The van der Waals surface area contributed by atoms with Crippen LogP contribution in [0, 0.1) is 5.92 Å². The SMILES string of the molecule is CC(C)C(=O)Nc1ccc(CNC(=O)CCCNC(=O)OC(C)(C)C)cc1. The maximum Gasteiger partial charge on any atom is 0.407 e. The van der Waals surface area contributed by atoms with Crippen molar-refractivity contribution in [2.75, 3.05) is 11.9 Å². The van der Waals surface area contributed by atoms with Gasteiger partial charge in [0.25, 0.3) is 0 Å². The van der Waals surface area contributed by atoms with Crippen LogP contribution in [0.1, 0.15) is 53.0 Å². The van der Waals surface area contributed by atoms with Gasteiger partial charge < -0.3 is 20.7 Å². The first kappa shape index (κ1) is 22.5. The molecule has 3 N–H and O–H groups in total. The van der Waals surface area contributed by atoms with Crippen molar-refractivity contribution >= 4 is 23.6 Å². The summed E-state index contributed by atoms with van der Waals surface area (Å²) >= 11 is 0. The highest BCUT2D eigenvalue weighted by Gasteiger charge is 2.15. The van der Waals surface area contributed by atoms with E-state index in [0.717, 1.165) is 11.3 Å². The summed E-state index contributed by atoms with van der Waals surface area (Å²) in [4.78, 5) is 35.0. The first-order chi connectivity index (χ1) is 12.6. The molecule has 27 heavy (non-hydrogen) atoms. The van der Waals surface area contributed by atoms with E-state index in [4.69, 9.17) is 4.74 Å². The van der Waals surface area contributed by atoms with Gasteiger partial charge in [-0.05, 0) is 44.9 Å². The lowest BCUT2D eigenvalue weighted by Gasteiger charge is -2.19. The standard InChI is InChI=1S/C20H31N3O4/c1-14(2)18(25)23-16-10-8-15(9-11-16)13-22-17(24)7-6-12-21-19(26)27-20(3,4)5/h8-11,14H,6-7,12-13H2,1-5H3,(H,21,26)(H,22,24)(H,23,25). The molecule has 1 aromatic carbocycles. The molecule has 0 fully saturated rings. The highest BCUT2D eigenvalue weighted by Crippen LogP contribution is 2.11. The van der Waals surface area contributed by atoms with E-state index in [1.165, 1.54) is 0 Å². The Bertz CT molecular complexity index is 634. The number of benzene rings is 1. The van der Waals surface area contributed by atoms with Gasteiger partial charge in [0, 0.05) is 31.1 Å². The lowest BCUT2D eigenvalue weighted by molar-refractivity contribution is -0.121. The summed E-state index contributed by atoms with van der Waals surface area (Å²) in [6.45, 7) is 9.86. The molecule has 0 aliphatic heterocycles. The summed E-state index contributed by atoms with van der Waals surface area (Å²) in [6.07, 6.45) is 0.372. The van der Waals surface area contributed by atoms with Crippen LogP contribution in [0.3, 0.4) is 0 Å². The Balaban J connectivity index is 2.24. The van der Waals surface area contributed by atoms with Crippen LogP contribution in [-0.4, -0.2) is 30.1 Å². The fraction of sp³-hybridized carbons (Fsp3) is 0.550. The van der Waals surface area contributed by atoms with E-state index in [0.29, 0.717) is 25.9 Å². The number of nitrogens with one attached hydrogen (secondary N) is 3. The Kier molecular flexibility index (Phi) is 8.78. The fourth-order valence-corrected chi connectivity index (χ4v) is 2.04. The van der Waals surface area contributed by atoms with Gasteiger partial charge in [-0.2, -0.15) is 0 Å². The molecule has 150 valence electrons. The van der Waals surface area contributed by atoms with Crippen molar-refractivity contribution in [3.8, 4) is 0 Å². The van der Waals surface area contributed by atoms with Gasteiger partial charge in [-0.1, -0.05) is 26.0 Å². The lowest BCUT2D eigenvalue weighted by Crippen LogP contribution is -2.33. The van der Waals surface area contributed by atoms with Crippen molar-refractivity contribution in [2.24, 2.45) is 5.92 Å². The number of hydrogen-bond acceptors (Lipinski definition) is 4. The number of carbonyl (C=O) groups excluding carboxylic acids is 3. The Morgan fingerprint density at radius 1 is 1.04 bits per heavy atom. The average Bonchev–Trinajstić information content (AvgIpc) is 2.56. The minimum absolute atomic E-state index is 0.0314. The molecule has 0 saturated heterocycles. The smallest absolute Gasteiger partial charge is 0.407 e. The molecule has 7 nitrogen and oxygen atoms in total. The van der Waals surface area contributed by atoms with Crippen molar-refractivity contribution in [3.05, 3.63) is 29.8 Å². The maximum atomic E-state index is 11.9. The summed E-state index contributed by atoms with van der Waals surface area (Å²) in [5, 5.41) is 8.28. The van der Waals surface area contributed by atoms with Crippen molar-refractivity contribution in [1.82, 2.24) is 10.6 Å². The molecule has 0 spiro atoms. The zero-order valence-electron chi connectivity index (χ0n) is 16.8. The van der Waals surface area contributed by atoms with Crippen molar-refractivity contribution in [2.45, 2.75) is 59.6 Å². The molecule has 3 amide bonds. The third kappa shape index (κ3) is 10.2. The van der Waals surface area contributed by atoms with Gasteiger partial charge in [0.15, 0.2) is 0 Å². The summed E-state index contributed by atoms with van der Waals surface area (Å²) in [6, 6.07) is 7.35. The predicted molar refractivity (Wildman–Crippen MR) is 105 cm³/mol. The molecule has 0 aromatic heterocycles. The Morgan fingerprint density at radius 2 is 1.67 bits per heavy atom. The van der Waals surface area contributed by atoms with E-state index in [1.807, 2.05) is 38.1 Å². The van der Waals surface area contributed by atoms with E-state index in [-0.39, 0.29) is 17.7 Å². The maximum absolute atomic E-state index is 11.9. The number of carbonyl (C=O) groups is 3. The zero-order chi connectivity index (χ0) is 20.4. The summed E-state index contributed by atoms with van der Waals surface area (Å²) in [5.41, 5.74) is 1.14. The topological polar surface area (TPSA) is 96.5 Å². The molecule has 0 aliphatic carbocycles. The second-order valence-corrected chi connectivity index (χ2v) is 7.65. The number of alkyl carbamates (subject to hydrolysis) is 1. The van der Waals surface area contributed by atoms with Crippen LogP contribution in [-0.2, 0) is 20.9 Å². The molecule has 1 rings (SSSR count). The molecule has 0 bridgehead atoms. The lowest BCUT2D eigenvalue weighted by atomic mass is 10.1. The minimum Gasteiger partial charge on any atom is -0.444 e. The number of amides is 3. The summed E-state index contributed by atoms with van der Waals surface area (Å²) in [7, 11) is 0. The van der Waals surface area contributed by atoms with Gasteiger partial charge >= 0.3 is 6.09 Å². The molecule has 0 unspecified atom stereocenters. The molecule has 0 atom stereocenters. The molecule has 0 radical (unpaired) electrons. The van der Waals surface area contributed by atoms with E-state index in [9.17, 15) is 14.4 Å². The Hall–Kier alpha value is -2.57. The normalized spacial score (nSPS) is 11.0. The molecule has 0 aliphatic rings. The highest BCUT2D eigenvalue weighted by atomic mass is 16.6. The zero-order valence-corrected chi connectivity index (χ0v) is 16.8. The first-order valence-electron chi connectivity index (χ1n) is 9.20. The Labute approximate surface area is 161 Å². The highest BCUT2D eigenvalue weighted by molar-refractivity contribution is 5.92. The van der Waals surface area contributed by atoms with E-state index in [2.05, 4.69) is 16.0 Å². The van der Waals surface area contributed by atoms with Crippen LogP contribution in [0.25, 0.3) is 0 Å². The fourth-order valence-electron chi connectivity index (χ4n) is 2.04. The van der Waals surface area contributed by atoms with Crippen LogP contribution in [0.5, 0.6) is 0 Å². The third-order valence-electron chi connectivity index (χ3n) is 3.48. The van der Waals surface area contributed by atoms with Crippen molar-refractivity contribution in [1.29, 1.82) is 0 Å². The third-order valence-corrected chi connectivity index (χ3v) is 3.48. The quantitative estimate of drug-likeness (QED) is 0.606. The second-order valence-electron chi connectivity index (χ2n) is 7.65. The van der Waals surface area contributed by atoms with Gasteiger partial charge in [-0.3, -0.25) is 9.59 Å². The second kappa shape index (κ2) is 10.5. The van der Waals surface area contributed by atoms with Gasteiger partial charge in [-0.25, -0.2) is 4.79 Å². The number of hydrogen-bond donors (Lipinski definition) is 3. The minimum atomic E-state index is -0.533. The van der Waals surface area contributed by atoms with Gasteiger partial charge in [-0.15, -0.1) is 0 Å². The molecule has 1 aromatic rings. The summed E-state index contributed by atoms with van der Waals surface area (Å²) < 4.78 is 5.12. The summed E-state index contributed by atoms with van der Waals surface area (Å²) in [5.74, 6) is -0.192. The number of rotatable bonds is 8. The van der Waals surface area contributed by atoms with Gasteiger partial charge in [0.1, 0.15) is 5.60 Å². The number of ether oxygens (including phenoxy) is 1. The van der Waals surface area contributed by atoms with Crippen LogP contribution < -0.4 is 16.0 Å². The molecular weight excluding hydrogens is 346 g/mol. The van der Waals surface area contributed by atoms with Crippen molar-refractivity contribution in [3.63, 3.8) is 0 Å². The van der Waals surface area contributed by atoms with E-state index in [1.54, 1.807) is 20.8 Å².